The van der Waals surface area contributed by atoms with Gasteiger partial charge >= 0.3 is 5.97 Å². The topological polar surface area (TPSA) is 113 Å². The van der Waals surface area contributed by atoms with Gasteiger partial charge in [-0.25, -0.2) is 8.42 Å². The van der Waals surface area contributed by atoms with Gasteiger partial charge in [0.15, 0.2) is 0 Å². The lowest BCUT2D eigenvalue weighted by Crippen LogP contribution is -2.24. The summed E-state index contributed by atoms with van der Waals surface area (Å²) in [6.07, 6.45) is 0.319. The Hall–Kier alpha value is -2.09. The number of carboxylic acids is 1. The monoisotopic (exact) mass is 314 g/mol. The molecule has 0 aliphatic carbocycles. The van der Waals surface area contributed by atoms with Crippen molar-refractivity contribution in [3.05, 3.63) is 29.8 Å². The van der Waals surface area contributed by atoms with E-state index in [1.165, 1.54) is 12.1 Å². The zero-order valence-electron chi connectivity index (χ0n) is 11.6. The summed E-state index contributed by atoms with van der Waals surface area (Å²) in [5.41, 5.74) is 0.562. The summed E-state index contributed by atoms with van der Waals surface area (Å²) in [7, 11) is -3.75. The highest BCUT2D eigenvalue weighted by atomic mass is 32.2. The first-order valence-corrected chi connectivity index (χ1v) is 8.10. The van der Waals surface area contributed by atoms with Gasteiger partial charge in [-0.3, -0.25) is 14.3 Å². The van der Waals surface area contributed by atoms with Gasteiger partial charge < -0.3 is 10.4 Å². The molecule has 1 rings (SSSR count). The second-order valence-corrected chi connectivity index (χ2v) is 6.24. The van der Waals surface area contributed by atoms with Gasteiger partial charge in [0.05, 0.1) is 12.2 Å². The van der Waals surface area contributed by atoms with Crippen molar-refractivity contribution in [1.82, 2.24) is 5.32 Å². The van der Waals surface area contributed by atoms with Crippen molar-refractivity contribution >= 4 is 27.6 Å². The summed E-state index contributed by atoms with van der Waals surface area (Å²) in [5, 5.41) is 11.2. The summed E-state index contributed by atoms with van der Waals surface area (Å²) < 4.78 is 25.6. The number of nitrogens with one attached hydrogen (secondary N) is 2. The van der Waals surface area contributed by atoms with Crippen LogP contribution in [0.4, 0.5) is 5.69 Å². The van der Waals surface area contributed by atoms with Crippen LogP contribution >= 0.6 is 0 Å². The van der Waals surface area contributed by atoms with E-state index in [1.54, 1.807) is 12.1 Å². The number of amides is 1. The maximum atomic E-state index is 11.8. The van der Waals surface area contributed by atoms with Crippen LogP contribution in [0.25, 0.3) is 0 Å². The second-order valence-electron chi connectivity index (χ2n) is 4.40. The number of benzene rings is 1. The Morgan fingerprint density at radius 2 is 2.00 bits per heavy atom. The van der Waals surface area contributed by atoms with Crippen LogP contribution in [0.1, 0.15) is 30.1 Å². The van der Waals surface area contributed by atoms with Crippen LogP contribution in [0.5, 0.6) is 0 Å². The van der Waals surface area contributed by atoms with Crippen molar-refractivity contribution in [2.24, 2.45) is 0 Å². The summed E-state index contributed by atoms with van der Waals surface area (Å²) in [4.78, 5) is 22.2. The van der Waals surface area contributed by atoms with Gasteiger partial charge in [0, 0.05) is 17.8 Å². The Morgan fingerprint density at radius 1 is 1.29 bits per heavy atom. The van der Waals surface area contributed by atoms with Gasteiger partial charge in [-0.15, -0.1) is 0 Å². The minimum atomic E-state index is -3.75. The Balaban J connectivity index is 2.76. The molecule has 0 atom stereocenters. The first-order valence-electron chi connectivity index (χ1n) is 6.44. The van der Waals surface area contributed by atoms with Crippen molar-refractivity contribution in [2.75, 3.05) is 17.0 Å². The highest BCUT2D eigenvalue weighted by Crippen LogP contribution is 2.13. The van der Waals surface area contributed by atoms with Gasteiger partial charge in [-0.1, -0.05) is 13.0 Å². The molecule has 7 nitrogen and oxygen atoms in total. The van der Waals surface area contributed by atoms with E-state index in [1.807, 2.05) is 6.92 Å². The minimum Gasteiger partial charge on any atom is -0.481 e. The molecular formula is C13H18N2O5S. The third-order valence-corrected chi connectivity index (χ3v) is 3.81. The Labute approximate surface area is 123 Å². The summed E-state index contributed by atoms with van der Waals surface area (Å²) in [5.74, 6) is -1.99. The molecule has 3 N–H and O–H groups in total. The standard InChI is InChI=1S/C13H18N2O5S/c1-2-7-14-13(18)10-4-3-5-11(9-10)15-21(19,20)8-6-12(16)17/h3-5,9,15H,2,6-8H2,1H3,(H,14,18)(H,16,17). The maximum Gasteiger partial charge on any atom is 0.304 e. The lowest BCUT2D eigenvalue weighted by Gasteiger charge is -2.09. The largest absolute Gasteiger partial charge is 0.481 e. The number of carbonyl (C=O) groups excluding carboxylic acids is 1. The fraction of sp³-hybridized carbons (Fsp3) is 0.385. The molecule has 0 unspecified atom stereocenters. The van der Waals surface area contributed by atoms with Crippen molar-refractivity contribution in [1.29, 1.82) is 0 Å². The van der Waals surface area contributed by atoms with Crippen molar-refractivity contribution in [2.45, 2.75) is 19.8 Å². The number of hydrogen-bond donors (Lipinski definition) is 3. The zero-order chi connectivity index (χ0) is 15.9. The van der Waals surface area contributed by atoms with Crippen LogP contribution in [0, 0.1) is 0 Å². The first kappa shape index (κ1) is 17.0. The lowest BCUT2D eigenvalue weighted by molar-refractivity contribution is -0.136. The first-order chi connectivity index (χ1) is 9.84. The number of carbonyl (C=O) groups is 2. The molecule has 0 saturated carbocycles. The fourth-order valence-corrected chi connectivity index (χ4v) is 2.55. The van der Waals surface area contributed by atoms with E-state index >= 15 is 0 Å². The van der Waals surface area contributed by atoms with E-state index in [4.69, 9.17) is 5.11 Å². The molecule has 0 bridgehead atoms. The van der Waals surface area contributed by atoms with Crippen LogP contribution in [0.15, 0.2) is 24.3 Å². The molecule has 21 heavy (non-hydrogen) atoms. The molecule has 0 saturated heterocycles. The third kappa shape index (κ3) is 6.26. The lowest BCUT2D eigenvalue weighted by atomic mass is 10.2. The predicted octanol–water partition coefficient (Wildman–Crippen LogP) is 1.04. The number of hydrogen-bond acceptors (Lipinski definition) is 4. The van der Waals surface area contributed by atoms with Crippen LogP contribution in [0.2, 0.25) is 0 Å². The van der Waals surface area contributed by atoms with Crippen LogP contribution in [-0.2, 0) is 14.8 Å². The Bertz CT molecular complexity index is 613. The SMILES string of the molecule is CCCNC(=O)c1cccc(NS(=O)(=O)CCC(=O)O)c1. The minimum absolute atomic E-state index is 0.226. The highest BCUT2D eigenvalue weighted by molar-refractivity contribution is 7.92. The predicted molar refractivity (Wildman–Crippen MR) is 78.7 cm³/mol. The summed E-state index contributed by atoms with van der Waals surface area (Å²) in [6.45, 7) is 2.46. The quantitative estimate of drug-likeness (QED) is 0.663. The van der Waals surface area contributed by atoms with Gasteiger partial charge in [0.2, 0.25) is 10.0 Å². The number of carboxylic acid groups (broad SMARTS) is 1. The van der Waals surface area contributed by atoms with Crippen molar-refractivity contribution in [3.8, 4) is 0 Å². The van der Waals surface area contributed by atoms with Crippen molar-refractivity contribution < 1.29 is 23.1 Å². The average molecular weight is 314 g/mol. The Kier molecular flexibility index (Phi) is 6.16. The molecule has 1 aromatic carbocycles. The molecule has 0 aliphatic rings. The smallest absolute Gasteiger partial charge is 0.304 e. The normalized spacial score (nSPS) is 10.9. The molecule has 1 aromatic rings. The molecule has 116 valence electrons. The number of aliphatic carboxylic acids is 1. The summed E-state index contributed by atoms with van der Waals surface area (Å²) >= 11 is 0. The number of rotatable bonds is 8. The molecule has 0 heterocycles. The molecule has 0 radical (unpaired) electrons. The highest BCUT2D eigenvalue weighted by Gasteiger charge is 2.14. The van der Waals surface area contributed by atoms with Gasteiger partial charge in [0.25, 0.3) is 5.91 Å². The van der Waals surface area contributed by atoms with Crippen LogP contribution in [0.3, 0.4) is 0 Å². The molecule has 0 aliphatic heterocycles. The van der Waals surface area contributed by atoms with E-state index in [0.29, 0.717) is 12.1 Å². The Morgan fingerprint density at radius 3 is 2.62 bits per heavy atom. The van der Waals surface area contributed by atoms with Gasteiger partial charge in [-0.2, -0.15) is 0 Å². The molecule has 0 spiro atoms. The molecule has 8 heteroatoms. The molecule has 0 aromatic heterocycles. The fourth-order valence-electron chi connectivity index (χ4n) is 1.52. The third-order valence-electron chi connectivity index (χ3n) is 2.52. The van der Waals surface area contributed by atoms with E-state index in [-0.39, 0.29) is 11.6 Å². The molecule has 1 amide bonds. The molecule has 0 fully saturated rings. The zero-order valence-corrected chi connectivity index (χ0v) is 12.4. The van der Waals surface area contributed by atoms with E-state index < -0.39 is 28.2 Å². The number of sulfonamides is 1. The second kappa shape index (κ2) is 7.63. The van der Waals surface area contributed by atoms with E-state index in [9.17, 15) is 18.0 Å². The van der Waals surface area contributed by atoms with E-state index in [0.717, 1.165) is 6.42 Å². The summed E-state index contributed by atoms with van der Waals surface area (Å²) in [6, 6.07) is 6.02. The van der Waals surface area contributed by atoms with Crippen LogP contribution < -0.4 is 10.0 Å². The number of anilines is 1. The van der Waals surface area contributed by atoms with Crippen LogP contribution in [-0.4, -0.2) is 37.7 Å². The van der Waals surface area contributed by atoms with E-state index in [2.05, 4.69) is 10.0 Å². The van der Waals surface area contributed by atoms with Gasteiger partial charge in [-0.05, 0) is 24.6 Å². The maximum absolute atomic E-state index is 11.8. The average Bonchev–Trinajstić information content (AvgIpc) is 2.42. The molecular weight excluding hydrogens is 296 g/mol. The van der Waals surface area contributed by atoms with Crippen molar-refractivity contribution in [3.63, 3.8) is 0 Å². The van der Waals surface area contributed by atoms with Gasteiger partial charge in [0.1, 0.15) is 0 Å².